The highest BCUT2D eigenvalue weighted by Gasteiger charge is 2.15. The normalized spacial score (nSPS) is 11.6. The van der Waals surface area contributed by atoms with Crippen LogP contribution in [-0.4, -0.2) is 39.7 Å². The van der Waals surface area contributed by atoms with Crippen LogP contribution < -0.4 is 10.0 Å². The van der Waals surface area contributed by atoms with E-state index >= 15 is 0 Å². The van der Waals surface area contributed by atoms with Crippen LogP contribution in [0.25, 0.3) is 11.0 Å². The summed E-state index contributed by atoms with van der Waals surface area (Å²) < 4.78 is 36.8. The summed E-state index contributed by atoms with van der Waals surface area (Å²) in [5.74, 6) is -0.273. The van der Waals surface area contributed by atoms with Crippen LogP contribution in [0.4, 0.5) is 5.69 Å². The van der Waals surface area contributed by atoms with Crippen LogP contribution in [0, 0.1) is 6.92 Å². The van der Waals surface area contributed by atoms with E-state index in [0.717, 1.165) is 10.9 Å². The predicted molar refractivity (Wildman–Crippen MR) is 105 cm³/mol. The lowest BCUT2D eigenvalue weighted by molar-refractivity contribution is -0.115. The van der Waals surface area contributed by atoms with E-state index in [1.807, 2.05) is 25.1 Å². The molecule has 3 aromatic rings. The molecule has 0 aliphatic heterocycles. The Labute approximate surface area is 162 Å². The average molecular weight is 403 g/mol. The Bertz CT molecular complexity index is 1070. The van der Waals surface area contributed by atoms with E-state index in [9.17, 15) is 13.2 Å². The summed E-state index contributed by atoms with van der Waals surface area (Å²) in [6, 6.07) is 11.6. The Morgan fingerprint density at radius 1 is 1.18 bits per heavy atom. The molecule has 8 nitrogen and oxygen atoms in total. The van der Waals surface area contributed by atoms with E-state index in [1.165, 1.54) is 31.4 Å². The third-order valence-corrected chi connectivity index (χ3v) is 5.55. The Kier molecular flexibility index (Phi) is 6.08. The predicted octanol–water partition coefficient (Wildman–Crippen LogP) is 2.24. The van der Waals surface area contributed by atoms with Crippen molar-refractivity contribution in [2.24, 2.45) is 0 Å². The molecule has 0 radical (unpaired) electrons. The number of sulfonamides is 1. The van der Waals surface area contributed by atoms with Gasteiger partial charge in [-0.3, -0.25) is 4.79 Å². The van der Waals surface area contributed by atoms with Gasteiger partial charge in [0.25, 0.3) is 0 Å². The molecule has 0 saturated carbocycles. The molecule has 9 heteroatoms. The van der Waals surface area contributed by atoms with Gasteiger partial charge in [0.15, 0.2) is 5.58 Å². The van der Waals surface area contributed by atoms with Crippen LogP contribution in [0.2, 0.25) is 0 Å². The number of aryl methyl sites for hydroxylation is 1. The zero-order chi connectivity index (χ0) is 20.1. The Morgan fingerprint density at radius 3 is 2.64 bits per heavy atom. The number of nitrogens with zero attached hydrogens (tertiary/aromatic N) is 1. The summed E-state index contributed by atoms with van der Waals surface area (Å²) in [7, 11) is -2.12. The van der Waals surface area contributed by atoms with Gasteiger partial charge in [-0.25, -0.2) is 13.1 Å². The van der Waals surface area contributed by atoms with Gasteiger partial charge in [0, 0.05) is 24.7 Å². The highest BCUT2D eigenvalue weighted by atomic mass is 32.2. The van der Waals surface area contributed by atoms with Gasteiger partial charge in [0.1, 0.15) is 5.69 Å². The lowest BCUT2D eigenvalue weighted by atomic mass is 10.1. The van der Waals surface area contributed by atoms with Gasteiger partial charge >= 0.3 is 0 Å². The number of fused-ring (bicyclic) bond motifs is 1. The van der Waals surface area contributed by atoms with Gasteiger partial charge in [-0.05, 0) is 43.3 Å². The molecule has 0 saturated heterocycles. The zero-order valence-corrected chi connectivity index (χ0v) is 16.4. The topological polar surface area (TPSA) is 111 Å². The average Bonchev–Trinajstić information content (AvgIpc) is 3.04. The van der Waals surface area contributed by atoms with E-state index in [2.05, 4.69) is 15.2 Å². The van der Waals surface area contributed by atoms with Gasteiger partial charge in [-0.15, -0.1) is 0 Å². The molecular formula is C19H21N3O5S. The first-order valence-corrected chi connectivity index (χ1v) is 10.1. The summed E-state index contributed by atoms with van der Waals surface area (Å²) in [5, 5.41) is 7.51. The molecule has 0 fully saturated rings. The molecule has 1 amide bonds. The number of methoxy groups -OCH3 is 1. The van der Waals surface area contributed by atoms with Crippen LogP contribution in [-0.2, 0) is 26.0 Å². The SMILES string of the molecule is COCCNS(=O)(=O)c1ccc(NC(=O)Cc2noc3ccc(C)cc23)cc1. The van der Waals surface area contributed by atoms with Crippen molar-refractivity contribution in [1.82, 2.24) is 9.88 Å². The number of hydrogen-bond donors (Lipinski definition) is 2. The Hall–Kier alpha value is -2.75. The zero-order valence-electron chi connectivity index (χ0n) is 15.6. The van der Waals surface area contributed by atoms with Crippen molar-refractivity contribution >= 4 is 32.6 Å². The fourth-order valence-corrected chi connectivity index (χ4v) is 3.68. The number of carbonyl (C=O) groups excluding carboxylic acids is 1. The molecule has 2 N–H and O–H groups in total. The minimum atomic E-state index is -3.61. The van der Waals surface area contributed by atoms with Gasteiger partial charge in [-0.1, -0.05) is 16.8 Å². The maximum absolute atomic E-state index is 12.3. The van der Waals surface area contributed by atoms with E-state index in [4.69, 9.17) is 9.26 Å². The highest BCUT2D eigenvalue weighted by molar-refractivity contribution is 7.89. The molecule has 0 aliphatic rings. The molecule has 148 valence electrons. The molecule has 0 aliphatic carbocycles. The monoisotopic (exact) mass is 403 g/mol. The highest BCUT2D eigenvalue weighted by Crippen LogP contribution is 2.21. The van der Waals surface area contributed by atoms with Crippen molar-refractivity contribution in [3.8, 4) is 0 Å². The maximum Gasteiger partial charge on any atom is 0.240 e. The number of rotatable bonds is 8. The molecule has 28 heavy (non-hydrogen) atoms. The summed E-state index contributed by atoms with van der Waals surface area (Å²) >= 11 is 0. The van der Waals surface area contributed by atoms with Crippen LogP contribution >= 0.6 is 0 Å². The molecule has 0 spiro atoms. The number of hydrogen-bond acceptors (Lipinski definition) is 6. The minimum absolute atomic E-state index is 0.0507. The Morgan fingerprint density at radius 2 is 1.93 bits per heavy atom. The number of aromatic nitrogens is 1. The largest absolute Gasteiger partial charge is 0.383 e. The van der Waals surface area contributed by atoms with Crippen molar-refractivity contribution < 1.29 is 22.5 Å². The van der Waals surface area contributed by atoms with E-state index in [-0.39, 0.29) is 30.4 Å². The second-order valence-electron chi connectivity index (χ2n) is 6.27. The van der Waals surface area contributed by atoms with Crippen LogP contribution in [0.1, 0.15) is 11.3 Å². The lowest BCUT2D eigenvalue weighted by Gasteiger charge is -2.08. The minimum Gasteiger partial charge on any atom is -0.383 e. The van der Waals surface area contributed by atoms with Gasteiger partial charge < -0.3 is 14.6 Å². The fraction of sp³-hybridized carbons (Fsp3) is 0.263. The fourth-order valence-electron chi connectivity index (χ4n) is 2.67. The van der Waals surface area contributed by atoms with Crippen molar-refractivity contribution in [2.75, 3.05) is 25.6 Å². The number of ether oxygens (including phenoxy) is 1. The summed E-state index contributed by atoms with van der Waals surface area (Å²) in [6.07, 6.45) is 0.0507. The number of carbonyl (C=O) groups is 1. The first kappa shape index (κ1) is 20.0. The summed E-state index contributed by atoms with van der Waals surface area (Å²) in [6.45, 7) is 2.42. The third-order valence-electron chi connectivity index (χ3n) is 4.07. The molecule has 0 atom stereocenters. The lowest BCUT2D eigenvalue weighted by Crippen LogP contribution is -2.27. The number of nitrogens with one attached hydrogen (secondary N) is 2. The van der Waals surface area contributed by atoms with Crippen molar-refractivity contribution in [1.29, 1.82) is 0 Å². The van der Waals surface area contributed by atoms with Gasteiger partial charge in [0.05, 0.1) is 17.9 Å². The van der Waals surface area contributed by atoms with E-state index in [0.29, 0.717) is 17.0 Å². The molecule has 1 heterocycles. The third kappa shape index (κ3) is 4.75. The summed E-state index contributed by atoms with van der Waals surface area (Å²) in [5.41, 5.74) is 2.72. The Balaban J connectivity index is 1.65. The standard InChI is InChI=1S/C19H21N3O5S/c1-13-3-8-18-16(11-13)17(22-27-18)12-19(23)21-14-4-6-15(7-5-14)28(24,25)20-9-10-26-2/h3-8,11,20H,9-10,12H2,1-2H3,(H,21,23). The first-order chi connectivity index (χ1) is 13.4. The van der Waals surface area contributed by atoms with Gasteiger partial charge in [-0.2, -0.15) is 0 Å². The quantitative estimate of drug-likeness (QED) is 0.558. The molecule has 2 aromatic carbocycles. The number of benzene rings is 2. The van der Waals surface area contributed by atoms with E-state index in [1.54, 1.807) is 0 Å². The second kappa shape index (κ2) is 8.51. The second-order valence-corrected chi connectivity index (χ2v) is 8.04. The molecule has 1 aromatic heterocycles. The maximum atomic E-state index is 12.3. The molecule has 3 rings (SSSR count). The molecular weight excluding hydrogens is 382 g/mol. The summed E-state index contributed by atoms with van der Waals surface area (Å²) in [4.78, 5) is 12.4. The van der Waals surface area contributed by atoms with Crippen LogP contribution in [0.3, 0.4) is 0 Å². The number of anilines is 1. The van der Waals surface area contributed by atoms with Crippen molar-refractivity contribution in [3.63, 3.8) is 0 Å². The molecule has 0 unspecified atom stereocenters. The van der Waals surface area contributed by atoms with Crippen LogP contribution in [0.5, 0.6) is 0 Å². The van der Waals surface area contributed by atoms with Crippen molar-refractivity contribution in [2.45, 2.75) is 18.2 Å². The molecule has 0 bridgehead atoms. The smallest absolute Gasteiger partial charge is 0.240 e. The van der Waals surface area contributed by atoms with Gasteiger partial charge in [0.2, 0.25) is 15.9 Å². The van der Waals surface area contributed by atoms with E-state index < -0.39 is 10.0 Å². The first-order valence-electron chi connectivity index (χ1n) is 8.62. The van der Waals surface area contributed by atoms with Crippen LogP contribution in [0.15, 0.2) is 51.9 Å². The number of amides is 1. The van der Waals surface area contributed by atoms with Crippen molar-refractivity contribution in [3.05, 3.63) is 53.7 Å².